The highest BCUT2D eigenvalue weighted by atomic mass is 14.4. The fraction of sp³-hybridized carbons (Fsp3) is 0.500. The molecule has 1 heteroatoms. The first kappa shape index (κ1) is 15.7. The summed E-state index contributed by atoms with van der Waals surface area (Å²) in [6.07, 6.45) is 14.1. The van der Waals surface area contributed by atoms with Crippen molar-refractivity contribution in [3.63, 3.8) is 0 Å². The molecule has 104 valence electrons. The van der Waals surface area contributed by atoms with Crippen LogP contribution in [0, 0.1) is 5.41 Å². The Kier molecular flexibility index (Phi) is 6.55. The van der Waals surface area contributed by atoms with E-state index in [9.17, 15) is 0 Å². The molecule has 0 saturated carbocycles. The maximum absolute atomic E-state index is 7.70. The first-order valence-electron chi connectivity index (χ1n) is 7.34. The molecule has 19 heavy (non-hydrogen) atoms. The van der Waals surface area contributed by atoms with Gasteiger partial charge >= 0.3 is 0 Å². The van der Waals surface area contributed by atoms with E-state index in [1.807, 2.05) is 0 Å². The van der Waals surface area contributed by atoms with Crippen molar-refractivity contribution in [1.82, 2.24) is 0 Å². The molecule has 0 atom stereocenters. The summed E-state index contributed by atoms with van der Waals surface area (Å²) < 4.78 is 0. The molecule has 0 aliphatic heterocycles. The molecule has 0 aromatic heterocycles. The van der Waals surface area contributed by atoms with Crippen molar-refractivity contribution in [3.05, 3.63) is 46.6 Å². The van der Waals surface area contributed by atoms with Crippen LogP contribution < -0.4 is 0 Å². The van der Waals surface area contributed by atoms with Gasteiger partial charge in [-0.15, -0.1) is 0 Å². The zero-order valence-corrected chi connectivity index (χ0v) is 12.8. The Hall–Kier alpha value is -1.37. The summed E-state index contributed by atoms with van der Waals surface area (Å²) in [7, 11) is 0. The first-order valence-corrected chi connectivity index (χ1v) is 7.34. The lowest BCUT2D eigenvalue weighted by atomic mass is 9.89. The molecular formula is C18H27N. The van der Waals surface area contributed by atoms with E-state index in [4.69, 9.17) is 5.41 Å². The smallest absolute Gasteiger partial charge is 0.0130 e. The van der Waals surface area contributed by atoms with Gasteiger partial charge in [0.2, 0.25) is 0 Å². The molecule has 0 aromatic carbocycles. The highest BCUT2D eigenvalue weighted by Gasteiger charge is 2.11. The molecule has 0 unspecified atom stereocenters. The average molecular weight is 257 g/mol. The molecular weight excluding hydrogens is 230 g/mol. The predicted molar refractivity (Wildman–Crippen MR) is 85.8 cm³/mol. The fourth-order valence-electron chi connectivity index (χ4n) is 2.38. The van der Waals surface area contributed by atoms with E-state index in [0.29, 0.717) is 0 Å². The van der Waals surface area contributed by atoms with Crippen LogP contribution in [0.2, 0.25) is 0 Å². The van der Waals surface area contributed by atoms with Crippen molar-refractivity contribution < 1.29 is 0 Å². The van der Waals surface area contributed by atoms with E-state index in [2.05, 4.69) is 52.0 Å². The first-order chi connectivity index (χ1) is 9.06. The predicted octanol–water partition coefficient (Wildman–Crippen LogP) is 5.76. The second-order valence-electron chi connectivity index (χ2n) is 5.38. The van der Waals surface area contributed by atoms with Gasteiger partial charge < -0.3 is 5.41 Å². The molecule has 0 aromatic rings. The molecule has 1 nitrogen and oxygen atoms in total. The summed E-state index contributed by atoms with van der Waals surface area (Å²) in [6.45, 7) is 8.62. The average Bonchev–Trinajstić information content (AvgIpc) is 2.39. The van der Waals surface area contributed by atoms with Crippen LogP contribution in [-0.2, 0) is 0 Å². The monoisotopic (exact) mass is 257 g/mol. The van der Waals surface area contributed by atoms with Crippen LogP contribution in [0.15, 0.2) is 46.6 Å². The summed E-state index contributed by atoms with van der Waals surface area (Å²) >= 11 is 0. The zero-order chi connectivity index (χ0) is 14.3. The number of hydrogen-bond acceptors (Lipinski definition) is 1. The Balaban J connectivity index is 2.94. The zero-order valence-electron chi connectivity index (χ0n) is 12.8. The molecule has 0 radical (unpaired) electrons. The van der Waals surface area contributed by atoms with Gasteiger partial charge in [0.1, 0.15) is 0 Å². The number of allylic oxidation sites excluding steroid dienone is 8. The lowest BCUT2D eigenvalue weighted by molar-refractivity contribution is 0.863. The largest absolute Gasteiger partial charge is 0.309 e. The molecule has 0 heterocycles. The highest BCUT2D eigenvalue weighted by molar-refractivity contribution is 5.84. The Labute approximate surface area is 118 Å². The van der Waals surface area contributed by atoms with Crippen molar-refractivity contribution in [2.24, 2.45) is 0 Å². The van der Waals surface area contributed by atoms with Gasteiger partial charge in [-0.25, -0.2) is 0 Å². The Morgan fingerprint density at radius 1 is 1.21 bits per heavy atom. The van der Waals surface area contributed by atoms with Crippen molar-refractivity contribution in [2.45, 2.75) is 59.8 Å². The normalized spacial score (nSPS) is 18.6. The second kappa shape index (κ2) is 7.93. The standard InChI is InChI=1S/C18H27N/c1-5-7-17(13-15(4)12-14(3)6-2)16-8-10-18(19)11-9-16/h6,8,12-13,19H,5,7,9-11H2,1-4H3/b14-6?,15-12+,17-13-,19-18?. The van der Waals surface area contributed by atoms with Gasteiger partial charge in [-0.2, -0.15) is 0 Å². The van der Waals surface area contributed by atoms with Crippen LogP contribution in [0.4, 0.5) is 0 Å². The summed E-state index contributed by atoms with van der Waals surface area (Å²) in [6, 6.07) is 0. The van der Waals surface area contributed by atoms with Crippen LogP contribution in [0.5, 0.6) is 0 Å². The van der Waals surface area contributed by atoms with E-state index < -0.39 is 0 Å². The minimum absolute atomic E-state index is 0.840. The van der Waals surface area contributed by atoms with Gasteiger partial charge in [-0.05, 0) is 51.2 Å². The lowest BCUT2D eigenvalue weighted by Crippen LogP contribution is -2.04. The van der Waals surface area contributed by atoms with Crippen molar-refractivity contribution >= 4 is 5.71 Å². The third-order valence-corrected chi connectivity index (χ3v) is 3.54. The number of rotatable bonds is 5. The molecule has 1 aliphatic carbocycles. The SMILES string of the molecule is CC=C(C)/C=C(C)/C=C(/CCC)C1=CCC(=N)CC1. The highest BCUT2D eigenvalue weighted by Crippen LogP contribution is 2.26. The van der Waals surface area contributed by atoms with Gasteiger partial charge in [-0.3, -0.25) is 0 Å². The summed E-state index contributed by atoms with van der Waals surface area (Å²) in [4.78, 5) is 0. The Bertz CT molecular complexity index is 444. The second-order valence-corrected chi connectivity index (χ2v) is 5.38. The van der Waals surface area contributed by atoms with E-state index >= 15 is 0 Å². The van der Waals surface area contributed by atoms with Gasteiger partial charge in [0.25, 0.3) is 0 Å². The molecule has 1 aliphatic rings. The molecule has 0 fully saturated rings. The Morgan fingerprint density at radius 3 is 2.47 bits per heavy atom. The van der Waals surface area contributed by atoms with Gasteiger partial charge in [0.15, 0.2) is 0 Å². The van der Waals surface area contributed by atoms with Crippen molar-refractivity contribution in [1.29, 1.82) is 5.41 Å². The van der Waals surface area contributed by atoms with Crippen LogP contribution in [0.25, 0.3) is 0 Å². The Morgan fingerprint density at radius 2 is 1.95 bits per heavy atom. The maximum atomic E-state index is 7.70. The van der Waals surface area contributed by atoms with Crippen LogP contribution in [0.1, 0.15) is 59.8 Å². The van der Waals surface area contributed by atoms with E-state index in [0.717, 1.165) is 31.4 Å². The van der Waals surface area contributed by atoms with E-state index in [1.165, 1.54) is 28.7 Å². The van der Waals surface area contributed by atoms with E-state index in [-0.39, 0.29) is 0 Å². The topological polar surface area (TPSA) is 23.9 Å². The van der Waals surface area contributed by atoms with Crippen LogP contribution in [-0.4, -0.2) is 5.71 Å². The number of nitrogens with one attached hydrogen (secondary N) is 1. The van der Waals surface area contributed by atoms with Crippen LogP contribution in [0.3, 0.4) is 0 Å². The molecule has 1 N–H and O–H groups in total. The third-order valence-electron chi connectivity index (χ3n) is 3.54. The molecule has 0 spiro atoms. The van der Waals surface area contributed by atoms with Crippen molar-refractivity contribution in [3.8, 4) is 0 Å². The lowest BCUT2D eigenvalue weighted by Gasteiger charge is -2.17. The number of hydrogen-bond donors (Lipinski definition) is 1. The molecule has 0 amide bonds. The van der Waals surface area contributed by atoms with Gasteiger partial charge in [0.05, 0.1) is 0 Å². The van der Waals surface area contributed by atoms with E-state index in [1.54, 1.807) is 0 Å². The summed E-state index contributed by atoms with van der Waals surface area (Å²) in [5.41, 5.74) is 6.43. The third kappa shape index (κ3) is 5.42. The summed E-state index contributed by atoms with van der Waals surface area (Å²) in [5.74, 6) is 0. The van der Waals surface area contributed by atoms with Gasteiger partial charge in [0, 0.05) is 12.1 Å². The molecule has 0 saturated heterocycles. The summed E-state index contributed by atoms with van der Waals surface area (Å²) in [5, 5.41) is 7.70. The quantitative estimate of drug-likeness (QED) is 0.606. The van der Waals surface area contributed by atoms with Crippen molar-refractivity contribution in [2.75, 3.05) is 0 Å². The fourth-order valence-corrected chi connectivity index (χ4v) is 2.38. The maximum Gasteiger partial charge on any atom is 0.0130 e. The molecule has 0 bridgehead atoms. The van der Waals surface area contributed by atoms with Crippen LogP contribution >= 0.6 is 0 Å². The minimum Gasteiger partial charge on any atom is -0.309 e. The molecule has 1 rings (SSSR count). The minimum atomic E-state index is 0.840. The van der Waals surface area contributed by atoms with Gasteiger partial charge in [-0.1, -0.05) is 48.8 Å².